The summed E-state index contributed by atoms with van der Waals surface area (Å²) < 4.78 is 0. The van der Waals surface area contributed by atoms with Crippen molar-refractivity contribution >= 4 is 12.0 Å². The van der Waals surface area contributed by atoms with E-state index in [1.54, 1.807) is 0 Å². The van der Waals surface area contributed by atoms with Gasteiger partial charge in [0.05, 0.1) is 0 Å². The molecule has 3 heteroatoms. The molecular formula is C13H15NO2. The Morgan fingerprint density at radius 2 is 2.12 bits per heavy atom. The molecule has 0 unspecified atom stereocenters. The Labute approximate surface area is 94.6 Å². The monoisotopic (exact) mass is 217 g/mol. The second-order valence-corrected chi connectivity index (χ2v) is 4.15. The fraction of sp³-hybridized carbons (Fsp3) is 0.308. The number of carbonyl (C=O) groups is 1. The minimum atomic E-state index is -0.931. The molecule has 0 bridgehead atoms. The average molecular weight is 217 g/mol. The summed E-state index contributed by atoms with van der Waals surface area (Å²) in [6, 6.07) is 7.41. The number of aryl methyl sites for hydroxylation is 1. The lowest BCUT2D eigenvalue weighted by atomic mass is 9.89. The topological polar surface area (TPSA) is 63.3 Å². The SMILES string of the molecule is N[C@@H](CC1=Cc2ccccc2CC1)C(=O)O. The molecule has 1 aromatic carbocycles. The highest BCUT2D eigenvalue weighted by Crippen LogP contribution is 2.25. The smallest absolute Gasteiger partial charge is 0.320 e. The van der Waals surface area contributed by atoms with Crippen LogP contribution in [0.2, 0.25) is 0 Å². The summed E-state index contributed by atoms with van der Waals surface area (Å²) in [5.74, 6) is -0.931. The van der Waals surface area contributed by atoms with Crippen molar-refractivity contribution in [3.05, 3.63) is 41.0 Å². The maximum Gasteiger partial charge on any atom is 0.320 e. The van der Waals surface area contributed by atoms with E-state index >= 15 is 0 Å². The van der Waals surface area contributed by atoms with Crippen molar-refractivity contribution in [1.29, 1.82) is 0 Å². The molecule has 3 N–H and O–H groups in total. The minimum absolute atomic E-state index is 0.448. The van der Waals surface area contributed by atoms with E-state index in [-0.39, 0.29) is 0 Å². The fourth-order valence-corrected chi connectivity index (χ4v) is 2.02. The highest BCUT2D eigenvalue weighted by atomic mass is 16.4. The van der Waals surface area contributed by atoms with E-state index in [1.165, 1.54) is 11.1 Å². The Hall–Kier alpha value is -1.61. The molecule has 1 aliphatic rings. The van der Waals surface area contributed by atoms with E-state index in [2.05, 4.69) is 18.2 Å². The quantitative estimate of drug-likeness (QED) is 0.811. The fourth-order valence-electron chi connectivity index (χ4n) is 2.02. The third kappa shape index (κ3) is 2.31. The van der Waals surface area contributed by atoms with Gasteiger partial charge in [-0.3, -0.25) is 4.79 Å². The van der Waals surface area contributed by atoms with Crippen LogP contribution in [0.3, 0.4) is 0 Å². The summed E-state index contributed by atoms with van der Waals surface area (Å²) in [5, 5.41) is 8.76. The van der Waals surface area contributed by atoms with Gasteiger partial charge < -0.3 is 10.8 Å². The van der Waals surface area contributed by atoms with E-state index in [9.17, 15) is 4.79 Å². The zero-order valence-electron chi connectivity index (χ0n) is 9.02. The number of hydrogen-bond donors (Lipinski definition) is 2. The molecule has 0 aromatic heterocycles. The third-order valence-corrected chi connectivity index (χ3v) is 2.93. The number of benzene rings is 1. The number of nitrogens with two attached hydrogens (primary N) is 1. The Balaban J connectivity index is 2.15. The van der Waals surface area contributed by atoms with Crippen LogP contribution in [0.5, 0.6) is 0 Å². The van der Waals surface area contributed by atoms with Gasteiger partial charge in [-0.25, -0.2) is 0 Å². The predicted octanol–water partition coefficient (Wildman–Crippen LogP) is 1.82. The van der Waals surface area contributed by atoms with E-state index in [0.29, 0.717) is 6.42 Å². The zero-order chi connectivity index (χ0) is 11.5. The van der Waals surface area contributed by atoms with Crippen LogP contribution in [0, 0.1) is 0 Å². The molecule has 2 rings (SSSR count). The number of fused-ring (bicyclic) bond motifs is 1. The van der Waals surface area contributed by atoms with Crippen LogP contribution >= 0.6 is 0 Å². The first-order valence-electron chi connectivity index (χ1n) is 5.42. The highest BCUT2D eigenvalue weighted by molar-refractivity contribution is 5.74. The van der Waals surface area contributed by atoms with Crippen molar-refractivity contribution < 1.29 is 9.90 Å². The zero-order valence-corrected chi connectivity index (χ0v) is 9.02. The Kier molecular flexibility index (Phi) is 3.06. The van der Waals surface area contributed by atoms with E-state index < -0.39 is 12.0 Å². The van der Waals surface area contributed by atoms with Crippen LogP contribution in [0.15, 0.2) is 29.8 Å². The van der Waals surface area contributed by atoms with Gasteiger partial charge in [-0.15, -0.1) is 0 Å². The van der Waals surface area contributed by atoms with Gasteiger partial charge in [0.1, 0.15) is 6.04 Å². The molecular weight excluding hydrogens is 202 g/mol. The number of carboxylic acid groups (broad SMARTS) is 1. The maximum absolute atomic E-state index is 10.7. The van der Waals surface area contributed by atoms with Crippen LogP contribution in [0.1, 0.15) is 24.0 Å². The molecule has 1 aromatic rings. The number of rotatable bonds is 3. The normalized spacial score (nSPS) is 16.2. The first-order valence-corrected chi connectivity index (χ1v) is 5.42. The molecule has 0 spiro atoms. The molecule has 0 radical (unpaired) electrons. The third-order valence-electron chi connectivity index (χ3n) is 2.93. The number of hydrogen-bond acceptors (Lipinski definition) is 2. The van der Waals surface area contributed by atoms with Crippen molar-refractivity contribution in [3.63, 3.8) is 0 Å². The molecule has 84 valence electrons. The van der Waals surface area contributed by atoms with Crippen LogP contribution in [-0.2, 0) is 11.2 Å². The van der Waals surface area contributed by atoms with Crippen LogP contribution < -0.4 is 5.73 Å². The van der Waals surface area contributed by atoms with Gasteiger partial charge in [-0.2, -0.15) is 0 Å². The molecule has 1 atom stereocenters. The van der Waals surface area contributed by atoms with Gasteiger partial charge in [-0.1, -0.05) is 35.9 Å². The summed E-state index contributed by atoms with van der Waals surface area (Å²) >= 11 is 0. The van der Waals surface area contributed by atoms with E-state index in [0.717, 1.165) is 18.4 Å². The van der Waals surface area contributed by atoms with Crippen LogP contribution in [0.4, 0.5) is 0 Å². The van der Waals surface area contributed by atoms with Gasteiger partial charge in [0, 0.05) is 0 Å². The van der Waals surface area contributed by atoms with Crippen molar-refractivity contribution in [3.8, 4) is 0 Å². The highest BCUT2D eigenvalue weighted by Gasteiger charge is 2.16. The Bertz CT molecular complexity index is 437. The van der Waals surface area contributed by atoms with Crippen LogP contribution in [-0.4, -0.2) is 17.1 Å². The molecule has 0 fully saturated rings. The summed E-state index contributed by atoms with van der Waals surface area (Å²) in [4.78, 5) is 10.7. The predicted molar refractivity (Wildman–Crippen MR) is 63.0 cm³/mol. The molecule has 16 heavy (non-hydrogen) atoms. The van der Waals surface area contributed by atoms with Gasteiger partial charge >= 0.3 is 5.97 Å². The second-order valence-electron chi connectivity index (χ2n) is 4.15. The summed E-state index contributed by atoms with van der Waals surface area (Å²) in [6.07, 6.45) is 4.41. The summed E-state index contributed by atoms with van der Waals surface area (Å²) in [6.45, 7) is 0. The lowest BCUT2D eigenvalue weighted by Gasteiger charge is -2.17. The molecule has 3 nitrogen and oxygen atoms in total. The molecule has 0 saturated carbocycles. The summed E-state index contributed by atoms with van der Waals surface area (Å²) in [7, 11) is 0. The standard InChI is InChI=1S/C13H15NO2/c14-12(13(15)16)8-9-5-6-10-3-1-2-4-11(10)7-9/h1-4,7,12H,5-6,8,14H2,(H,15,16)/t12-/m0/s1. The lowest BCUT2D eigenvalue weighted by Crippen LogP contribution is -2.30. The van der Waals surface area contributed by atoms with Crippen LogP contribution in [0.25, 0.3) is 6.08 Å². The Morgan fingerprint density at radius 1 is 1.38 bits per heavy atom. The van der Waals surface area contributed by atoms with Crippen molar-refractivity contribution in [2.75, 3.05) is 0 Å². The minimum Gasteiger partial charge on any atom is -0.480 e. The average Bonchev–Trinajstić information content (AvgIpc) is 2.28. The lowest BCUT2D eigenvalue weighted by molar-refractivity contribution is -0.138. The first-order chi connectivity index (χ1) is 7.66. The van der Waals surface area contributed by atoms with Gasteiger partial charge in [0.25, 0.3) is 0 Å². The first kappa shape index (κ1) is 10.9. The maximum atomic E-state index is 10.7. The van der Waals surface area contributed by atoms with Crippen molar-refractivity contribution in [2.45, 2.75) is 25.3 Å². The Morgan fingerprint density at radius 3 is 2.88 bits per heavy atom. The molecule has 0 saturated heterocycles. The molecule has 0 aliphatic heterocycles. The number of aliphatic carboxylic acids is 1. The molecule has 0 amide bonds. The summed E-state index contributed by atoms with van der Waals surface area (Å²) in [5.41, 5.74) is 9.18. The van der Waals surface area contributed by atoms with E-state index in [4.69, 9.17) is 10.8 Å². The number of carboxylic acids is 1. The van der Waals surface area contributed by atoms with Crippen molar-refractivity contribution in [1.82, 2.24) is 0 Å². The van der Waals surface area contributed by atoms with Crippen molar-refractivity contribution in [2.24, 2.45) is 5.73 Å². The van der Waals surface area contributed by atoms with Gasteiger partial charge in [0.2, 0.25) is 0 Å². The van der Waals surface area contributed by atoms with Gasteiger partial charge in [0.15, 0.2) is 0 Å². The van der Waals surface area contributed by atoms with Gasteiger partial charge in [-0.05, 0) is 30.4 Å². The molecule has 0 heterocycles. The van der Waals surface area contributed by atoms with E-state index in [1.807, 2.05) is 12.1 Å². The molecule has 1 aliphatic carbocycles. The second kappa shape index (κ2) is 4.49. The largest absolute Gasteiger partial charge is 0.480 e.